The van der Waals surface area contributed by atoms with Gasteiger partial charge < -0.3 is 14.4 Å². The van der Waals surface area contributed by atoms with E-state index in [1.54, 1.807) is 23.1 Å². The molecule has 23 heavy (non-hydrogen) atoms. The Balaban J connectivity index is 2.11. The summed E-state index contributed by atoms with van der Waals surface area (Å²) in [5.74, 6) is -0.298. The quantitative estimate of drug-likeness (QED) is 0.766. The maximum atomic E-state index is 14.2. The van der Waals surface area contributed by atoms with Crippen molar-refractivity contribution in [2.75, 3.05) is 19.7 Å². The Labute approximate surface area is 137 Å². The Morgan fingerprint density at radius 2 is 1.96 bits per heavy atom. The molecule has 1 amide bonds. The molecule has 1 aliphatic heterocycles. The van der Waals surface area contributed by atoms with Crippen LogP contribution in [0.5, 0.6) is 0 Å². The molecule has 0 aromatic heterocycles. The number of unbranched alkanes of at least 4 members (excludes halogenated alkanes) is 1. The number of hydrogen-bond donors (Lipinski definition) is 0. The van der Waals surface area contributed by atoms with Gasteiger partial charge in [0.25, 0.3) is 0 Å². The van der Waals surface area contributed by atoms with Gasteiger partial charge in [0.15, 0.2) is 0 Å². The number of hydrogen-bond acceptors (Lipinski definition) is 3. The average Bonchev–Trinajstić information content (AvgIpc) is 2.40. The highest BCUT2D eigenvalue weighted by Gasteiger charge is 2.50. The maximum absolute atomic E-state index is 14.2. The van der Waals surface area contributed by atoms with Crippen LogP contribution in [0, 0.1) is 5.82 Å². The van der Waals surface area contributed by atoms with Crippen LogP contribution in [-0.4, -0.2) is 36.3 Å². The molecule has 1 aromatic rings. The van der Waals surface area contributed by atoms with E-state index in [4.69, 9.17) is 9.47 Å². The van der Waals surface area contributed by atoms with Crippen molar-refractivity contribution < 1.29 is 18.7 Å². The van der Waals surface area contributed by atoms with Crippen LogP contribution in [0.4, 0.5) is 9.18 Å². The number of rotatable bonds is 5. The number of likely N-dealkylation sites (tertiary alicyclic amines) is 1. The molecule has 4 nitrogen and oxygen atoms in total. The predicted molar refractivity (Wildman–Crippen MR) is 86.7 cm³/mol. The van der Waals surface area contributed by atoms with Gasteiger partial charge in [0.2, 0.25) is 0 Å². The number of benzene rings is 1. The van der Waals surface area contributed by atoms with Crippen molar-refractivity contribution in [3.63, 3.8) is 0 Å². The maximum Gasteiger partial charge on any atom is 0.410 e. The highest BCUT2D eigenvalue weighted by molar-refractivity contribution is 5.70. The second-order valence-corrected chi connectivity index (χ2v) is 7.01. The molecule has 1 saturated heterocycles. The summed E-state index contributed by atoms with van der Waals surface area (Å²) in [6.45, 7) is 8.73. The summed E-state index contributed by atoms with van der Waals surface area (Å²) in [4.78, 5) is 13.7. The summed E-state index contributed by atoms with van der Waals surface area (Å²) in [6, 6.07) is 6.60. The molecule has 1 heterocycles. The molecular formula is C18H26FNO3. The lowest BCUT2D eigenvalue weighted by Gasteiger charge is -2.49. The van der Waals surface area contributed by atoms with Gasteiger partial charge in [-0.05, 0) is 33.3 Å². The van der Waals surface area contributed by atoms with Crippen molar-refractivity contribution >= 4 is 6.09 Å². The molecule has 0 radical (unpaired) electrons. The van der Waals surface area contributed by atoms with Crippen molar-refractivity contribution in [3.05, 3.63) is 35.6 Å². The van der Waals surface area contributed by atoms with Gasteiger partial charge in [-0.25, -0.2) is 9.18 Å². The van der Waals surface area contributed by atoms with Crippen LogP contribution in [-0.2, 0) is 15.1 Å². The zero-order valence-electron chi connectivity index (χ0n) is 14.4. The minimum absolute atomic E-state index is 0.298. The predicted octanol–water partition coefficient (Wildman–Crippen LogP) is 4.09. The highest BCUT2D eigenvalue weighted by Crippen LogP contribution is 2.38. The number of amides is 1. The Morgan fingerprint density at radius 3 is 2.52 bits per heavy atom. The molecular weight excluding hydrogens is 297 g/mol. The first kappa shape index (κ1) is 17.7. The zero-order valence-corrected chi connectivity index (χ0v) is 14.4. The fourth-order valence-electron chi connectivity index (χ4n) is 2.61. The van der Waals surface area contributed by atoms with E-state index in [-0.39, 0.29) is 11.9 Å². The van der Waals surface area contributed by atoms with Gasteiger partial charge in [0.05, 0.1) is 13.1 Å². The first-order chi connectivity index (χ1) is 10.8. The summed E-state index contributed by atoms with van der Waals surface area (Å²) in [6.07, 6.45) is 1.52. The Morgan fingerprint density at radius 1 is 1.30 bits per heavy atom. The van der Waals surface area contributed by atoms with Crippen molar-refractivity contribution in [3.8, 4) is 0 Å². The summed E-state index contributed by atoms with van der Waals surface area (Å²) >= 11 is 0. The standard InChI is InChI=1S/C18H26FNO3/c1-5-6-11-22-18(14-9-7-8-10-15(14)19)12-20(13-18)16(21)23-17(2,3)4/h7-10H,5-6,11-13H2,1-4H3. The molecule has 0 spiro atoms. The summed E-state index contributed by atoms with van der Waals surface area (Å²) in [5, 5.41) is 0. The number of ether oxygens (including phenoxy) is 2. The van der Waals surface area contributed by atoms with E-state index in [9.17, 15) is 9.18 Å². The van der Waals surface area contributed by atoms with Gasteiger partial charge in [-0.1, -0.05) is 31.5 Å². The first-order valence-electron chi connectivity index (χ1n) is 8.14. The minimum Gasteiger partial charge on any atom is -0.444 e. The van der Waals surface area contributed by atoms with E-state index >= 15 is 0 Å². The van der Waals surface area contributed by atoms with Gasteiger partial charge in [0, 0.05) is 12.2 Å². The molecule has 2 rings (SSSR count). The Kier molecular flexibility index (Phi) is 5.30. The van der Waals surface area contributed by atoms with Crippen LogP contribution in [0.3, 0.4) is 0 Å². The zero-order chi connectivity index (χ0) is 17.1. The molecule has 0 unspecified atom stereocenters. The molecule has 0 saturated carbocycles. The minimum atomic E-state index is -0.766. The molecule has 5 heteroatoms. The van der Waals surface area contributed by atoms with E-state index in [0.717, 1.165) is 12.8 Å². The van der Waals surface area contributed by atoms with E-state index in [2.05, 4.69) is 6.92 Å². The smallest absolute Gasteiger partial charge is 0.410 e. The van der Waals surface area contributed by atoms with Crippen molar-refractivity contribution in [2.45, 2.75) is 51.7 Å². The molecule has 128 valence electrons. The van der Waals surface area contributed by atoms with E-state index in [0.29, 0.717) is 25.3 Å². The van der Waals surface area contributed by atoms with Crippen LogP contribution >= 0.6 is 0 Å². The second kappa shape index (κ2) is 6.87. The summed E-state index contributed by atoms with van der Waals surface area (Å²) < 4.78 is 25.6. The van der Waals surface area contributed by atoms with Gasteiger partial charge in [0.1, 0.15) is 17.0 Å². The third-order valence-corrected chi connectivity index (χ3v) is 3.79. The van der Waals surface area contributed by atoms with Crippen LogP contribution in [0.25, 0.3) is 0 Å². The van der Waals surface area contributed by atoms with E-state index in [1.165, 1.54) is 6.07 Å². The SMILES string of the molecule is CCCCOC1(c2ccccc2F)CN(C(=O)OC(C)(C)C)C1. The summed E-state index contributed by atoms with van der Waals surface area (Å²) in [5.41, 5.74) is -0.802. The van der Waals surface area contributed by atoms with Crippen molar-refractivity contribution in [2.24, 2.45) is 0 Å². The molecule has 0 aliphatic carbocycles. The third kappa shape index (κ3) is 4.22. The lowest BCUT2D eigenvalue weighted by molar-refractivity contribution is -0.148. The Bertz CT molecular complexity index is 547. The topological polar surface area (TPSA) is 38.8 Å². The van der Waals surface area contributed by atoms with Gasteiger partial charge in [-0.3, -0.25) is 0 Å². The average molecular weight is 323 g/mol. The first-order valence-corrected chi connectivity index (χ1v) is 8.14. The van der Waals surface area contributed by atoms with Gasteiger partial charge >= 0.3 is 6.09 Å². The molecule has 1 aromatic carbocycles. The largest absolute Gasteiger partial charge is 0.444 e. The number of halogens is 1. The third-order valence-electron chi connectivity index (χ3n) is 3.79. The molecule has 0 N–H and O–H groups in total. The second-order valence-electron chi connectivity index (χ2n) is 7.01. The fraction of sp³-hybridized carbons (Fsp3) is 0.611. The summed E-state index contributed by atoms with van der Waals surface area (Å²) in [7, 11) is 0. The van der Waals surface area contributed by atoms with Crippen LogP contribution in [0.2, 0.25) is 0 Å². The Hall–Kier alpha value is -1.62. The van der Waals surface area contributed by atoms with Crippen molar-refractivity contribution in [1.82, 2.24) is 4.90 Å². The van der Waals surface area contributed by atoms with Gasteiger partial charge in [-0.2, -0.15) is 0 Å². The number of nitrogens with zero attached hydrogens (tertiary/aromatic N) is 1. The van der Waals surface area contributed by atoms with Crippen LogP contribution in [0.1, 0.15) is 46.1 Å². The number of carbonyl (C=O) groups excluding carboxylic acids is 1. The van der Waals surface area contributed by atoms with Crippen molar-refractivity contribution in [1.29, 1.82) is 0 Å². The van der Waals surface area contributed by atoms with Crippen LogP contribution < -0.4 is 0 Å². The molecule has 1 aliphatic rings. The van der Waals surface area contributed by atoms with E-state index in [1.807, 2.05) is 20.8 Å². The van der Waals surface area contributed by atoms with Gasteiger partial charge in [-0.15, -0.1) is 0 Å². The fourth-order valence-corrected chi connectivity index (χ4v) is 2.61. The molecule has 0 bridgehead atoms. The number of carbonyl (C=O) groups is 1. The van der Waals surface area contributed by atoms with Crippen LogP contribution in [0.15, 0.2) is 24.3 Å². The monoisotopic (exact) mass is 323 g/mol. The highest BCUT2D eigenvalue weighted by atomic mass is 19.1. The lowest BCUT2D eigenvalue weighted by Crippen LogP contribution is -2.63. The molecule has 1 fully saturated rings. The normalized spacial score (nSPS) is 16.8. The van der Waals surface area contributed by atoms with E-state index < -0.39 is 11.2 Å². The molecule has 0 atom stereocenters. The lowest BCUT2D eigenvalue weighted by atomic mass is 9.85.